The third kappa shape index (κ3) is 6.54. The van der Waals surface area contributed by atoms with Crippen LogP contribution >= 0.6 is 34.8 Å². The number of rotatable bonds is 4. The number of fused-ring (bicyclic) bond motifs is 1. The number of allylic oxidation sites excluding steroid dienone is 5. The topological polar surface area (TPSA) is 80.7 Å². The van der Waals surface area contributed by atoms with Crippen LogP contribution in [0.15, 0.2) is 36.5 Å². The van der Waals surface area contributed by atoms with E-state index in [1.807, 2.05) is 32.1 Å². The molecule has 5 nitrogen and oxygen atoms in total. The molecule has 0 amide bonds. The molecule has 0 aromatic rings. The number of carbonyl (C=O) groups is 3. The normalized spacial score (nSPS) is 38.3. The van der Waals surface area contributed by atoms with Gasteiger partial charge in [-0.3, -0.25) is 14.4 Å². The molecule has 0 unspecified atom stereocenters. The van der Waals surface area contributed by atoms with Gasteiger partial charge in [0.1, 0.15) is 12.0 Å². The molecule has 1 aliphatic carbocycles. The Morgan fingerprint density at radius 2 is 1.65 bits per heavy atom. The summed E-state index contributed by atoms with van der Waals surface area (Å²) in [5, 5.41) is 9.69. The molecule has 190 valence electrons. The van der Waals surface area contributed by atoms with Gasteiger partial charge in [-0.05, 0) is 56.9 Å². The van der Waals surface area contributed by atoms with Crippen molar-refractivity contribution in [2.24, 2.45) is 35.5 Å². The molecule has 0 bridgehead atoms. The monoisotopic (exact) mass is 532 g/mol. The summed E-state index contributed by atoms with van der Waals surface area (Å²) in [7, 11) is 0. The average molecular weight is 534 g/mol. The lowest BCUT2D eigenvalue weighted by Crippen LogP contribution is -2.51. The minimum Gasteiger partial charge on any atom is -0.458 e. The van der Waals surface area contributed by atoms with Gasteiger partial charge in [-0.1, -0.05) is 73.9 Å². The summed E-state index contributed by atoms with van der Waals surface area (Å²) >= 11 is 19.4. The number of halogens is 3. The van der Waals surface area contributed by atoms with Crippen LogP contribution in [-0.2, 0) is 19.1 Å². The molecule has 0 fully saturated rings. The van der Waals surface area contributed by atoms with E-state index in [4.69, 9.17) is 39.5 Å². The van der Waals surface area contributed by atoms with E-state index in [9.17, 15) is 19.5 Å². The molecule has 2 aliphatic rings. The summed E-state index contributed by atoms with van der Waals surface area (Å²) < 4.78 is 2.90. The molecular weight excluding hydrogens is 499 g/mol. The highest BCUT2D eigenvalue weighted by molar-refractivity contribution is 6.68. The van der Waals surface area contributed by atoms with Crippen molar-refractivity contribution in [3.63, 3.8) is 0 Å². The van der Waals surface area contributed by atoms with Crippen LogP contribution in [0.4, 0.5) is 0 Å². The van der Waals surface area contributed by atoms with Gasteiger partial charge in [0.05, 0.1) is 11.5 Å². The summed E-state index contributed by atoms with van der Waals surface area (Å²) in [4.78, 5) is 38.7. The van der Waals surface area contributed by atoms with Gasteiger partial charge in [0.15, 0.2) is 11.6 Å². The maximum Gasteiger partial charge on any atom is 0.316 e. The molecule has 0 radical (unpaired) electrons. The first-order valence-corrected chi connectivity index (χ1v) is 12.9. The van der Waals surface area contributed by atoms with Crippen LogP contribution in [0.25, 0.3) is 0 Å². The van der Waals surface area contributed by atoms with Gasteiger partial charge in [-0.2, -0.15) is 0 Å². The summed E-state index contributed by atoms with van der Waals surface area (Å²) in [6.07, 6.45) is 11.8. The van der Waals surface area contributed by atoms with E-state index >= 15 is 0 Å². The van der Waals surface area contributed by atoms with E-state index < -0.39 is 44.7 Å². The van der Waals surface area contributed by atoms with Crippen LogP contribution in [0, 0.1) is 35.5 Å². The number of Topliss-reactive ketones (excluding diaryl/α,β-unsaturated/α-hetero) is 2. The molecule has 1 aliphatic heterocycles. The van der Waals surface area contributed by atoms with E-state index in [-0.39, 0.29) is 30.3 Å². The molecule has 0 saturated carbocycles. The lowest BCUT2D eigenvalue weighted by Gasteiger charge is -2.43. The molecule has 34 heavy (non-hydrogen) atoms. The number of ketones is 2. The fourth-order valence-electron chi connectivity index (χ4n) is 4.91. The highest BCUT2D eigenvalue weighted by atomic mass is 35.5. The molecule has 0 aromatic carbocycles. The molecule has 8 atom stereocenters. The van der Waals surface area contributed by atoms with Gasteiger partial charge in [0.25, 0.3) is 0 Å². The highest BCUT2D eigenvalue weighted by Crippen LogP contribution is 2.47. The second-order valence-corrected chi connectivity index (χ2v) is 12.0. The van der Waals surface area contributed by atoms with E-state index in [0.29, 0.717) is 12.8 Å². The number of carbonyl (C=O) groups excluding carboxylic acids is 3. The molecule has 8 heteroatoms. The van der Waals surface area contributed by atoms with E-state index in [2.05, 4.69) is 6.08 Å². The summed E-state index contributed by atoms with van der Waals surface area (Å²) in [5.74, 6) is -4.95. The zero-order valence-corrected chi connectivity index (χ0v) is 22.6. The first-order chi connectivity index (χ1) is 15.8. The number of ether oxygens (including phenoxy) is 1. The van der Waals surface area contributed by atoms with Crippen LogP contribution in [0.3, 0.4) is 0 Å². The zero-order valence-electron chi connectivity index (χ0n) is 20.3. The Balaban J connectivity index is 2.61. The minimum atomic E-state index is -2.40. The summed E-state index contributed by atoms with van der Waals surface area (Å²) in [6.45, 7) is 8.52. The van der Waals surface area contributed by atoms with Gasteiger partial charge < -0.3 is 9.84 Å². The van der Waals surface area contributed by atoms with Gasteiger partial charge >= 0.3 is 5.97 Å². The van der Waals surface area contributed by atoms with E-state index in [0.717, 1.165) is 0 Å². The molecule has 0 aromatic heterocycles. The molecule has 2 rings (SSSR count). The van der Waals surface area contributed by atoms with Gasteiger partial charge in [-0.15, -0.1) is 11.6 Å². The Morgan fingerprint density at radius 1 is 1.03 bits per heavy atom. The SMILES string of the molecule is CC[C@H]1[C@@H]2C(=O)C(Cl)(Cl)C(=O)[C@H](C)C(=O)O[C@@H](C)/C=C/C=C\[C@@H](C)[C@@H]2C=C[C@@H]1C[C@@](C)(Cl)CO. The Hall–Kier alpha value is -1.14. The molecule has 1 N–H and O–H groups in total. The standard InChI is InChI=1S/C26H35Cl3O5/c1-6-19-18(13-25(5,27)14-30)11-12-20-15(2)9-7-8-10-16(3)34-24(33)17(4)22(31)26(28,29)23(32)21(19)20/h7-12,15-21,30H,6,13-14H2,1-5H3/b9-7-,10-8+/t15-,16+,17+,18-,19-,20+,21+,25-/m1/s1. The van der Waals surface area contributed by atoms with Gasteiger partial charge in [0, 0.05) is 5.92 Å². The summed E-state index contributed by atoms with van der Waals surface area (Å²) in [5.41, 5.74) is 0. The van der Waals surface area contributed by atoms with E-state index in [1.165, 1.54) is 6.92 Å². The van der Waals surface area contributed by atoms with Crippen molar-refractivity contribution in [1.29, 1.82) is 0 Å². The lowest BCUT2D eigenvalue weighted by molar-refractivity contribution is -0.154. The zero-order chi connectivity index (χ0) is 25.8. The lowest BCUT2D eigenvalue weighted by atomic mass is 9.62. The van der Waals surface area contributed by atoms with Crippen LogP contribution in [0.5, 0.6) is 0 Å². The largest absolute Gasteiger partial charge is 0.458 e. The molecule has 0 spiro atoms. The maximum absolute atomic E-state index is 13.9. The maximum atomic E-state index is 13.9. The predicted molar refractivity (Wildman–Crippen MR) is 136 cm³/mol. The van der Waals surface area contributed by atoms with Crippen molar-refractivity contribution in [2.45, 2.75) is 62.8 Å². The van der Waals surface area contributed by atoms with Gasteiger partial charge in [-0.25, -0.2) is 0 Å². The third-order valence-corrected chi connectivity index (χ3v) is 7.97. The summed E-state index contributed by atoms with van der Waals surface area (Å²) in [6, 6.07) is 0. The second-order valence-electron chi connectivity index (χ2n) is 9.80. The quantitative estimate of drug-likeness (QED) is 0.225. The Morgan fingerprint density at radius 3 is 2.24 bits per heavy atom. The highest BCUT2D eigenvalue weighted by Gasteiger charge is 2.54. The number of cyclic esters (lactones) is 1. The second kappa shape index (κ2) is 11.7. The Kier molecular flexibility index (Phi) is 10.0. The van der Waals surface area contributed by atoms with Crippen molar-refractivity contribution >= 4 is 52.3 Å². The number of aliphatic hydroxyl groups excluding tert-OH is 1. The smallest absolute Gasteiger partial charge is 0.316 e. The van der Waals surface area contributed by atoms with Crippen LogP contribution in [0.2, 0.25) is 0 Å². The molecule has 1 heterocycles. The van der Waals surface area contributed by atoms with Gasteiger partial charge in [0.2, 0.25) is 4.33 Å². The fraction of sp³-hybridized carbons (Fsp3) is 0.654. The third-order valence-electron chi connectivity index (χ3n) is 6.95. The number of esters is 1. The molecule has 0 saturated heterocycles. The Labute approximate surface area is 217 Å². The Bertz CT molecular complexity index is 860. The number of hydrogen-bond acceptors (Lipinski definition) is 5. The average Bonchev–Trinajstić information content (AvgIpc) is 2.78. The first kappa shape index (κ1) is 29.1. The number of alkyl halides is 3. The number of hydrogen-bond donors (Lipinski definition) is 1. The van der Waals surface area contributed by atoms with Crippen LogP contribution in [0.1, 0.15) is 47.5 Å². The van der Waals surface area contributed by atoms with Crippen molar-refractivity contribution in [2.75, 3.05) is 6.61 Å². The van der Waals surface area contributed by atoms with Crippen LogP contribution in [-0.4, -0.2) is 44.6 Å². The predicted octanol–water partition coefficient (Wildman–Crippen LogP) is 5.45. The van der Waals surface area contributed by atoms with Crippen LogP contribution < -0.4 is 0 Å². The minimum absolute atomic E-state index is 0.0671. The van der Waals surface area contributed by atoms with Crippen molar-refractivity contribution < 1.29 is 24.2 Å². The van der Waals surface area contributed by atoms with E-state index in [1.54, 1.807) is 26.0 Å². The number of aliphatic hydroxyl groups is 1. The first-order valence-electron chi connectivity index (χ1n) is 11.8. The fourth-order valence-corrected chi connectivity index (χ4v) is 5.67. The van der Waals surface area contributed by atoms with Crippen molar-refractivity contribution in [1.82, 2.24) is 0 Å². The van der Waals surface area contributed by atoms with Crippen molar-refractivity contribution in [3.8, 4) is 0 Å². The molecular formula is C26H35Cl3O5. The van der Waals surface area contributed by atoms with Crippen molar-refractivity contribution in [3.05, 3.63) is 36.5 Å².